The highest BCUT2D eigenvalue weighted by Crippen LogP contribution is 2.34. The number of likely N-dealkylation sites (tertiary alicyclic amines) is 1. The molecule has 1 aromatic carbocycles. The van der Waals surface area contributed by atoms with Crippen molar-refractivity contribution in [1.29, 1.82) is 0 Å². The first-order valence-corrected chi connectivity index (χ1v) is 10.4. The number of benzene rings is 1. The SMILES string of the molecule is Cc1ccc(C)c(OC2CCN(C(=O)C3CC4CCCCC4N3)CC2)c1. The molecule has 1 aliphatic carbocycles. The van der Waals surface area contributed by atoms with Crippen LogP contribution in [0.25, 0.3) is 0 Å². The molecular weight excluding hydrogens is 324 g/mol. The Hall–Kier alpha value is -1.55. The molecular formula is C22H32N2O2. The van der Waals surface area contributed by atoms with Crippen LogP contribution in [0.4, 0.5) is 0 Å². The van der Waals surface area contributed by atoms with Crippen LogP contribution in [-0.2, 0) is 4.79 Å². The van der Waals surface area contributed by atoms with Crippen molar-refractivity contribution in [2.75, 3.05) is 13.1 Å². The minimum absolute atomic E-state index is 0.0552. The Kier molecular flexibility index (Phi) is 5.21. The molecule has 142 valence electrons. The predicted molar refractivity (Wildman–Crippen MR) is 103 cm³/mol. The zero-order valence-electron chi connectivity index (χ0n) is 16.2. The van der Waals surface area contributed by atoms with Crippen LogP contribution in [0, 0.1) is 19.8 Å². The number of amides is 1. The molecule has 1 saturated carbocycles. The van der Waals surface area contributed by atoms with Gasteiger partial charge in [-0.3, -0.25) is 4.79 Å². The lowest BCUT2D eigenvalue weighted by molar-refractivity contribution is -0.135. The normalized spacial score (nSPS) is 29.5. The maximum atomic E-state index is 12.9. The number of fused-ring (bicyclic) bond motifs is 1. The van der Waals surface area contributed by atoms with Gasteiger partial charge in [0.25, 0.3) is 0 Å². The van der Waals surface area contributed by atoms with E-state index in [-0.39, 0.29) is 12.1 Å². The van der Waals surface area contributed by atoms with Gasteiger partial charge >= 0.3 is 0 Å². The number of carbonyl (C=O) groups is 1. The molecule has 2 heterocycles. The summed E-state index contributed by atoms with van der Waals surface area (Å²) in [5.74, 6) is 2.05. The smallest absolute Gasteiger partial charge is 0.239 e. The lowest BCUT2D eigenvalue weighted by Crippen LogP contribution is -2.49. The van der Waals surface area contributed by atoms with Crippen molar-refractivity contribution in [3.05, 3.63) is 29.3 Å². The number of piperidine rings is 1. The molecule has 1 aromatic rings. The molecule has 1 N–H and O–H groups in total. The minimum Gasteiger partial charge on any atom is -0.490 e. The fourth-order valence-corrected chi connectivity index (χ4v) is 4.94. The topological polar surface area (TPSA) is 41.6 Å². The van der Waals surface area contributed by atoms with E-state index in [0.29, 0.717) is 11.9 Å². The number of aryl methyl sites for hydroxylation is 2. The first-order valence-electron chi connectivity index (χ1n) is 10.4. The van der Waals surface area contributed by atoms with E-state index >= 15 is 0 Å². The first-order chi connectivity index (χ1) is 12.6. The predicted octanol–water partition coefficient (Wildman–Crippen LogP) is 3.59. The number of nitrogens with one attached hydrogen (secondary N) is 1. The molecule has 4 rings (SSSR count). The summed E-state index contributed by atoms with van der Waals surface area (Å²) in [6.45, 7) is 5.84. The molecule has 3 atom stereocenters. The molecule has 4 heteroatoms. The summed E-state index contributed by atoms with van der Waals surface area (Å²) < 4.78 is 6.24. The van der Waals surface area contributed by atoms with E-state index < -0.39 is 0 Å². The van der Waals surface area contributed by atoms with Crippen molar-refractivity contribution >= 4 is 5.91 Å². The van der Waals surface area contributed by atoms with Gasteiger partial charge in [-0.25, -0.2) is 0 Å². The highest BCUT2D eigenvalue weighted by atomic mass is 16.5. The Labute approximate surface area is 157 Å². The highest BCUT2D eigenvalue weighted by Gasteiger charge is 2.40. The van der Waals surface area contributed by atoms with Crippen LogP contribution < -0.4 is 10.1 Å². The van der Waals surface area contributed by atoms with Gasteiger partial charge in [0, 0.05) is 32.0 Å². The number of ether oxygens (including phenoxy) is 1. The number of nitrogens with zero attached hydrogens (tertiary/aromatic N) is 1. The maximum Gasteiger partial charge on any atom is 0.239 e. The summed E-state index contributed by atoms with van der Waals surface area (Å²) in [4.78, 5) is 15.0. The van der Waals surface area contributed by atoms with Crippen LogP contribution in [0.2, 0.25) is 0 Å². The van der Waals surface area contributed by atoms with Gasteiger partial charge in [-0.15, -0.1) is 0 Å². The summed E-state index contributed by atoms with van der Waals surface area (Å²) in [6.07, 6.45) is 8.33. The van der Waals surface area contributed by atoms with Crippen LogP contribution in [0.1, 0.15) is 56.1 Å². The third-order valence-electron chi connectivity index (χ3n) is 6.55. The van der Waals surface area contributed by atoms with Gasteiger partial charge in [-0.1, -0.05) is 25.0 Å². The zero-order valence-corrected chi connectivity index (χ0v) is 16.2. The van der Waals surface area contributed by atoms with Gasteiger partial charge in [0.1, 0.15) is 11.9 Å². The standard InChI is InChI=1S/C22H32N2O2/c1-15-7-8-16(2)21(13-15)26-18-9-11-24(12-10-18)22(25)20-14-17-5-3-4-6-19(17)23-20/h7-8,13,17-20,23H,3-6,9-12,14H2,1-2H3. The fourth-order valence-electron chi connectivity index (χ4n) is 4.94. The van der Waals surface area contributed by atoms with Gasteiger partial charge in [0.2, 0.25) is 5.91 Å². The Morgan fingerprint density at radius 1 is 1.12 bits per heavy atom. The highest BCUT2D eigenvalue weighted by molar-refractivity contribution is 5.82. The molecule has 3 aliphatic rings. The van der Waals surface area contributed by atoms with E-state index in [1.54, 1.807) is 0 Å². The Morgan fingerprint density at radius 2 is 1.88 bits per heavy atom. The minimum atomic E-state index is 0.0552. The molecule has 0 bridgehead atoms. The second-order valence-corrected chi connectivity index (χ2v) is 8.52. The van der Waals surface area contributed by atoms with E-state index in [2.05, 4.69) is 42.3 Å². The van der Waals surface area contributed by atoms with Crippen molar-refractivity contribution in [2.45, 2.75) is 77.0 Å². The molecule has 0 radical (unpaired) electrons. The monoisotopic (exact) mass is 356 g/mol. The van der Waals surface area contributed by atoms with Gasteiger partial charge in [0.05, 0.1) is 6.04 Å². The van der Waals surface area contributed by atoms with E-state index in [0.717, 1.165) is 44.0 Å². The summed E-state index contributed by atoms with van der Waals surface area (Å²) in [5, 5.41) is 3.63. The average molecular weight is 357 g/mol. The second kappa shape index (κ2) is 7.59. The summed E-state index contributed by atoms with van der Waals surface area (Å²) in [6, 6.07) is 7.00. The first kappa shape index (κ1) is 17.8. The van der Waals surface area contributed by atoms with Crippen molar-refractivity contribution in [1.82, 2.24) is 10.2 Å². The molecule has 0 aromatic heterocycles. The Balaban J connectivity index is 1.29. The van der Waals surface area contributed by atoms with Crippen molar-refractivity contribution in [3.63, 3.8) is 0 Å². The molecule has 26 heavy (non-hydrogen) atoms. The molecule has 2 aliphatic heterocycles. The van der Waals surface area contributed by atoms with Crippen LogP contribution in [0.5, 0.6) is 5.75 Å². The van der Waals surface area contributed by atoms with Crippen molar-refractivity contribution in [3.8, 4) is 5.75 Å². The molecule has 3 unspecified atom stereocenters. The van der Waals surface area contributed by atoms with Crippen molar-refractivity contribution < 1.29 is 9.53 Å². The molecule has 1 amide bonds. The van der Waals surface area contributed by atoms with Crippen LogP contribution in [-0.4, -0.2) is 42.1 Å². The fraction of sp³-hybridized carbons (Fsp3) is 0.682. The quantitative estimate of drug-likeness (QED) is 0.900. The zero-order chi connectivity index (χ0) is 18.1. The van der Waals surface area contributed by atoms with E-state index in [1.807, 2.05) is 0 Å². The van der Waals surface area contributed by atoms with Crippen LogP contribution in [0.3, 0.4) is 0 Å². The van der Waals surface area contributed by atoms with Gasteiger partial charge < -0.3 is 15.0 Å². The number of hydrogen-bond acceptors (Lipinski definition) is 3. The Bertz CT molecular complexity index is 638. The third-order valence-corrected chi connectivity index (χ3v) is 6.55. The second-order valence-electron chi connectivity index (χ2n) is 8.52. The van der Waals surface area contributed by atoms with Crippen molar-refractivity contribution in [2.24, 2.45) is 5.92 Å². The molecule has 3 fully saturated rings. The molecule has 2 saturated heterocycles. The van der Waals surface area contributed by atoms with Gasteiger partial charge in [0.15, 0.2) is 0 Å². The van der Waals surface area contributed by atoms with E-state index in [4.69, 9.17) is 4.74 Å². The lowest BCUT2D eigenvalue weighted by Gasteiger charge is -2.34. The number of hydrogen-bond donors (Lipinski definition) is 1. The van der Waals surface area contributed by atoms with Crippen LogP contribution >= 0.6 is 0 Å². The molecule has 4 nitrogen and oxygen atoms in total. The van der Waals surface area contributed by atoms with E-state index in [1.165, 1.54) is 36.8 Å². The number of rotatable bonds is 3. The van der Waals surface area contributed by atoms with E-state index in [9.17, 15) is 4.79 Å². The largest absolute Gasteiger partial charge is 0.490 e. The van der Waals surface area contributed by atoms with Gasteiger partial charge in [-0.2, -0.15) is 0 Å². The Morgan fingerprint density at radius 3 is 2.65 bits per heavy atom. The summed E-state index contributed by atoms with van der Waals surface area (Å²) in [5.41, 5.74) is 2.42. The number of carbonyl (C=O) groups excluding carboxylic acids is 1. The average Bonchev–Trinajstić information content (AvgIpc) is 3.09. The summed E-state index contributed by atoms with van der Waals surface area (Å²) >= 11 is 0. The third kappa shape index (κ3) is 3.75. The summed E-state index contributed by atoms with van der Waals surface area (Å²) in [7, 11) is 0. The maximum absolute atomic E-state index is 12.9. The lowest BCUT2D eigenvalue weighted by atomic mass is 9.85. The van der Waals surface area contributed by atoms with Crippen LogP contribution in [0.15, 0.2) is 18.2 Å². The van der Waals surface area contributed by atoms with Gasteiger partial charge in [-0.05, 0) is 56.2 Å². The molecule has 0 spiro atoms.